The molecule has 4 rings (SSSR count). The van der Waals surface area contributed by atoms with Gasteiger partial charge in [-0.05, 0) is 38.0 Å². The fraction of sp³-hybridized carbons (Fsp3) is 0.417. The highest BCUT2D eigenvalue weighted by Crippen LogP contribution is 2.43. The van der Waals surface area contributed by atoms with Crippen molar-refractivity contribution in [3.63, 3.8) is 0 Å². The molecule has 2 aromatic heterocycles. The van der Waals surface area contributed by atoms with E-state index in [2.05, 4.69) is 35.3 Å². The average molecular weight is 620 g/mol. The van der Waals surface area contributed by atoms with E-state index in [-0.39, 0.29) is 40.7 Å². The molecule has 0 radical (unpaired) electrons. The number of hydrogen-bond acceptors (Lipinski definition) is 8. The van der Waals surface area contributed by atoms with Crippen LogP contribution in [0.3, 0.4) is 0 Å². The maximum Gasteiger partial charge on any atom is 0.407 e. The quantitative estimate of drug-likeness (QED) is 0.218. The number of rotatable bonds is 11. The topological polar surface area (TPSA) is 151 Å². The van der Waals surface area contributed by atoms with Gasteiger partial charge >= 0.3 is 12.3 Å². The summed E-state index contributed by atoms with van der Waals surface area (Å²) in [5.41, 5.74) is -0.114. The van der Waals surface area contributed by atoms with E-state index in [4.69, 9.17) is 11.6 Å². The van der Waals surface area contributed by atoms with E-state index in [1.54, 1.807) is 13.0 Å². The number of halogens is 5. The number of ether oxygens (including phenoxy) is 1. The molecule has 222 valence electrons. The van der Waals surface area contributed by atoms with Crippen LogP contribution in [0.2, 0.25) is 5.02 Å². The first-order valence-corrected chi connectivity index (χ1v) is 14.4. The van der Waals surface area contributed by atoms with Crippen molar-refractivity contribution in [2.45, 2.75) is 44.3 Å². The average Bonchev–Trinajstić information content (AvgIpc) is 3.66. The van der Waals surface area contributed by atoms with Gasteiger partial charge in [-0.2, -0.15) is 13.2 Å². The molecule has 1 aromatic carbocycles. The number of aromatic nitrogens is 4. The summed E-state index contributed by atoms with van der Waals surface area (Å²) in [5, 5.41) is 5.50. The van der Waals surface area contributed by atoms with Crippen molar-refractivity contribution in [3.05, 3.63) is 41.1 Å². The van der Waals surface area contributed by atoms with Crippen LogP contribution in [0.15, 0.2) is 24.4 Å². The lowest BCUT2D eigenvalue weighted by atomic mass is 10.1. The highest BCUT2D eigenvalue weighted by Gasteiger charge is 2.32. The Labute approximate surface area is 237 Å². The summed E-state index contributed by atoms with van der Waals surface area (Å²) < 4.78 is 84.4. The van der Waals surface area contributed by atoms with Crippen LogP contribution in [0.1, 0.15) is 37.9 Å². The largest absolute Gasteiger partial charge is 0.453 e. The first-order valence-electron chi connectivity index (χ1n) is 12.3. The van der Waals surface area contributed by atoms with Gasteiger partial charge in [-0.25, -0.2) is 32.6 Å². The van der Waals surface area contributed by atoms with Gasteiger partial charge in [-0.15, -0.1) is 0 Å². The number of carbonyl (C=O) groups is 1. The molecule has 17 heteroatoms. The number of hydrogen-bond donors (Lipinski definition) is 4. The maximum absolute atomic E-state index is 15.7. The number of alkyl carbamates (subject to hydrolysis) is 1. The summed E-state index contributed by atoms with van der Waals surface area (Å²) in [6.07, 6.45) is -3.75. The number of sulfonamides is 1. The van der Waals surface area contributed by atoms with Crippen molar-refractivity contribution in [2.75, 3.05) is 29.4 Å². The van der Waals surface area contributed by atoms with E-state index >= 15 is 4.39 Å². The number of nitrogens with one attached hydrogen (secondary N) is 4. The number of aromatic amines is 1. The lowest BCUT2D eigenvalue weighted by Gasteiger charge is -2.14. The van der Waals surface area contributed by atoms with Crippen molar-refractivity contribution >= 4 is 39.4 Å². The van der Waals surface area contributed by atoms with Crippen LogP contribution in [0, 0.1) is 5.82 Å². The summed E-state index contributed by atoms with van der Waals surface area (Å²) in [7, 11) is -3.31. The molecule has 11 nitrogen and oxygen atoms in total. The molecular weight excluding hydrogens is 594 g/mol. The Morgan fingerprint density at radius 2 is 2.00 bits per heavy atom. The van der Waals surface area contributed by atoms with Crippen molar-refractivity contribution in [1.29, 1.82) is 0 Å². The molecule has 3 aromatic rings. The van der Waals surface area contributed by atoms with E-state index in [1.807, 2.05) is 4.72 Å². The fourth-order valence-electron chi connectivity index (χ4n) is 3.77. The lowest BCUT2D eigenvalue weighted by molar-refractivity contribution is -0.129. The number of H-pyrrole nitrogens is 1. The zero-order valence-corrected chi connectivity index (χ0v) is 23.3. The van der Waals surface area contributed by atoms with Crippen LogP contribution in [0.4, 0.5) is 34.0 Å². The first-order chi connectivity index (χ1) is 19.2. The summed E-state index contributed by atoms with van der Waals surface area (Å²) in [6, 6.07) is 3.42. The Morgan fingerprint density at radius 3 is 2.66 bits per heavy atom. The Morgan fingerprint density at radius 1 is 1.27 bits per heavy atom. The molecule has 1 amide bonds. The van der Waals surface area contributed by atoms with Gasteiger partial charge in [0.2, 0.25) is 16.0 Å². The number of nitrogens with zero attached hydrogens (tertiary/aromatic N) is 3. The molecule has 1 aliphatic carbocycles. The molecule has 1 atom stereocenters. The van der Waals surface area contributed by atoms with Crippen molar-refractivity contribution < 1.29 is 35.5 Å². The number of benzene rings is 1. The molecule has 1 saturated carbocycles. The summed E-state index contributed by atoms with van der Waals surface area (Å²) >= 11 is 6.18. The molecule has 41 heavy (non-hydrogen) atoms. The maximum atomic E-state index is 15.7. The minimum atomic E-state index is -4.71. The predicted octanol–water partition coefficient (Wildman–Crippen LogP) is 5.05. The van der Waals surface area contributed by atoms with Gasteiger partial charge in [0, 0.05) is 35.3 Å². The van der Waals surface area contributed by atoms with Gasteiger partial charge in [0.05, 0.1) is 36.4 Å². The minimum Gasteiger partial charge on any atom is -0.453 e. The number of alkyl halides is 3. The molecule has 1 fully saturated rings. The Hall–Kier alpha value is -3.66. The molecule has 1 aliphatic rings. The fourth-order valence-corrected chi connectivity index (χ4v) is 5.07. The number of imidazole rings is 1. The minimum absolute atomic E-state index is 0.0750. The molecule has 0 aliphatic heterocycles. The highest BCUT2D eigenvalue weighted by molar-refractivity contribution is 7.92. The standard InChI is InChI=1S/C24H26ClF4N7O4S/c1-12(32-23(37)40-2)11-31-22-30-7-5-16(33-22)20-19(34-21(35-20)13-3-4-13)15-9-14(25)10-17(18(15)26)36-41(38,39)8-6-24(27,28)29/h5,7,9-10,12-13,36H,3-4,6,8,11H2,1-2H3,(H,32,37)(H,34,35)(H,30,31,33)/t12-/m0/s1. The molecule has 0 unspecified atom stereocenters. The van der Waals surface area contributed by atoms with Crippen LogP contribution in [0.5, 0.6) is 0 Å². The summed E-state index contributed by atoms with van der Waals surface area (Å²) in [4.78, 5) is 27.7. The van der Waals surface area contributed by atoms with Crippen LogP contribution >= 0.6 is 11.6 Å². The highest BCUT2D eigenvalue weighted by atomic mass is 35.5. The molecule has 0 spiro atoms. The molecule has 4 N–H and O–H groups in total. The summed E-state index contributed by atoms with van der Waals surface area (Å²) in [5.74, 6) is -1.50. The first kappa shape index (κ1) is 30.3. The normalized spacial score (nSPS) is 14.4. The molecular formula is C24H26ClF4N7O4S. The number of anilines is 2. The van der Waals surface area contributed by atoms with E-state index < -0.39 is 46.0 Å². The molecule has 0 saturated heterocycles. The van der Waals surface area contributed by atoms with E-state index in [9.17, 15) is 26.4 Å². The van der Waals surface area contributed by atoms with Gasteiger partial charge in [0.15, 0.2) is 5.82 Å². The molecule has 0 bridgehead atoms. The number of methoxy groups -OCH3 is 1. The SMILES string of the molecule is COC(=O)N[C@@H](C)CNc1nccc(-c2[nH]c(C3CC3)nc2-c2cc(Cl)cc(NS(=O)(=O)CCC(F)(F)F)c2F)n1. The lowest BCUT2D eigenvalue weighted by Crippen LogP contribution is -2.37. The van der Waals surface area contributed by atoms with Crippen LogP contribution in [-0.4, -0.2) is 66.1 Å². The van der Waals surface area contributed by atoms with E-state index in [0.717, 1.165) is 18.9 Å². The Kier molecular flexibility index (Phi) is 8.91. The van der Waals surface area contributed by atoms with Gasteiger partial charge in [-0.3, -0.25) is 4.72 Å². The van der Waals surface area contributed by atoms with Crippen molar-refractivity contribution in [1.82, 2.24) is 25.3 Å². The van der Waals surface area contributed by atoms with Gasteiger partial charge in [-0.1, -0.05) is 11.6 Å². The second-order valence-electron chi connectivity index (χ2n) is 9.40. The van der Waals surface area contributed by atoms with Crippen molar-refractivity contribution in [2.24, 2.45) is 0 Å². The second-order valence-corrected chi connectivity index (χ2v) is 11.7. The zero-order chi connectivity index (χ0) is 29.9. The Bertz CT molecular complexity index is 1530. The van der Waals surface area contributed by atoms with E-state index in [1.165, 1.54) is 19.4 Å². The van der Waals surface area contributed by atoms with Gasteiger partial charge in [0.1, 0.15) is 11.5 Å². The van der Waals surface area contributed by atoms with Crippen LogP contribution in [-0.2, 0) is 14.8 Å². The summed E-state index contributed by atoms with van der Waals surface area (Å²) in [6.45, 7) is 1.99. The second kappa shape index (κ2) is 12.1. The van der Waals surface area contributed by atoms with Crippen LogP contribution in [0.25, 0.3) is 22.6 Å². The van der Waals surface area contributed by atoms with Gasteiger partial charge < -0.3 is 20.4 Å². The predicted molar refractivity (Wildman–Crippen MR) is 144 cm³/mol. The molecule has 2 heterocycles. The van der Waals surface area contributed by atoms with Crippen molar-refractivity contribution in [3.8, 4) is 22.6 Å². The van der Waals surface area contributed by atoms with Gasteiger partial charge in [0.25, 0.3) is 0 Å². The number of amides is 1. The monoisotopic (exact) mass is 619 g/mol. The third-order valence-corrected chi connectivity index (χ3v) is 7.42. The van der Waals surface area contributed by atoms with Crippen LogP contribution < -0.4 is 15.4 Å². The third kappa shape index (κ3) is 8.19. The van der Waals surface area contributed by atoms with E-state index in [0.29, 0.717) is 17.2 Å². The smallest absolute Gasteiger partial charge is 0.407 e. The third-order valence-electron chi connectivity index (χ3n) is 5.93. The number of carbonyl (C=O) groups excluding carboxylic acids is 1. The zero-order valence-electron chi connectivity index (χ0n) is 21.8. The Balaban J connectivity index is 1.66.